The van der Waals surface area contributed by atoms with Crippen molar-refractivity contribution in [2.45, 2.75) is 32.6 Å². The number of nitrogens with zero attached hydrogens (tertiary/aromatic N) is 6. The Kier molecular flexibility index (Phi) is 7.10. The first kappa shape index (κ1) is 24.4. The minimum Gasteiger partial charge on any atom is -0.489 e. The summed E-state index contributed by atoms with van der Waals surface area (Å²) < 4.78 is 35.2. The lowest BCUT2D eigenvalue weighted by atomic mass is 9.84. The van der Waals surface area contributed by atoms with E-state index in [9.17, 15) is 8.42 Å². The van der Waals surface area contributed by atoms with Gasteiger partial charge in [-0.25, -0.2) is 17.2 Å². The molecule has 0 aliphatic carbocycles. The Morgan fingerprint density at radius 3 is 2.79 bits per heavy atom. The van der Waals surface area contributed by atoms with Gasteiger partial charge in [-0.15, -0.1) is 5.10 Å². The number of H-pyrrole nitrogens is 1. The normalized spacial score (nSPS) is 19.8. The van der Waals surface area contributed by atoms with Crippen molar-refractivity contribution in [3.8, 4) is 16.9 Å². The summed E-state index contributed by atoms with van der Waals surface area (Å²) in [6.45, 7) is 6.16. The molecule has 12 heteroatoms. The fraction of sp³-hybridized carbons (Fsp3) is 0.591. The van der Waals surface area contributed by atoms with Crippen LogP contribution in [-0.4, -0.2) is 88.5 Å². The molecule has 4 rings (SSSR count). The number of anilines is 1. The highest BCUT2D eigenvalue weighted by Gasteiger charge is 2.35. The van der Waals surface area contributed by atoms with Gasteiger partial charge in [-0.2, -0.15) is 10.1 Å². The summed E-state index contributed by atoms with van der Waals surface area (Å²) in [6, 6.07) is 2.05. The van der Waals surface area contributed by atoms with E-state index in [1.807, 2.05) is 32.1 Å². The molecule has 4 heterocycles. The molecule has 3 aromatic rings. The lowest BCUT2D eigenvalue weighted by Crippen LogP contribution is -2.43. The first-order valence-corrected chi connectivity index (χ1v) is 13.3. The molecule has 0 amide bonds. The molecule has 0 aromatic carbocycles. The van der Waals surface area contributed by atoms with Crippen LogP contribution < -0.4 is 10.5 Å². The number of aromatic amines is 1. The van der Waals surface area contributed by atoms with Crippen LogP contribution >= 0.6 is 0 Å². The maximum Gasteiger partial charge on any atom is 0.240 e. The fourth-order valence-corrected chi connectivity index (χ4v) is 6.30. The first-order valence-electron chi connectivity index (χ1n) is 11.6. The van der Waals surface area contributed by atoms with E-state index in [4.69, 9.17) is 10.5 Å². The Labute approximate surface area is 200 Å². The molecule has 11 nitrogen and oxygen atoms in total. The molecule has 0 bridgehead atoms. The Morgan fingerprint density at radius 1 is 1.35 bits per heavy atom. The SMILES string of the molecule is CCOc1c(-c2cn[nH]c2)cc([C@H]2CCN(S(=O)(=O)CCCN(C)C)C[C@@H]2C)n2nc(N)nc12. The predicted molar refractivity (Wildman–Crippen MR) is 131 cm³/mol. The van der Waals surface area contributed by atoms with Gasteiger partial charge in [-0.1, -0.05) is 6.92 Å². The third-order valence-corrected chi connectivity index (χ3v) is 8.28. The van der Waals surface area contributed by atoms with Gasteiger partial charge >= 0.3 is 0 Å². The van der Waals surface area contributed by atoms with Crippen molar-refractivity contribution in [3.63, 3.8) is 0 Å². The van der Waals surface area contributed by atoms with E-state index < -0.39 is 10.0 Å². The Morgan fingerprint density at radius 2 is 2.15 bits per heavy atom. The van der Waals surface area contributed by atoms with Gasteiger partial charge in [0.15, 0.2) is 5.75 Å². The maximum atomic E-state index is 12.9. The van der Waals surface area contributed by atoms with Gasteiger partial charge in [0.25, 0.3) is 0 Å². The quantitative estimate of drug-likeness (QED) is 0.464. The molecule has 1 aliphatic heterocycles. The zero-order valence-corrected chi connectivity index (χ0v) is 21.0. The van der Waals surface area contributed by atoms with Crippen LogP contribution in [0.5, 0.6) is 5.75 Å². The zero-order chi connectivity index (χ0) is 24.5. The number of hydrogen-bond acceptors (Lipinski definition) is 8. The molecule has 1 saturated heterocycles. The molecule has 1 aliphatic rings. The number of aromatic nitrogens is 5. The molecular formula is C22H34N8O3S. The number of nitrogens with one attached hydrogen (secondary N) is 1. The topological polar surface area (TPSA) is 135 Å². The summed E-state index contributed by atoms with van der Waals surface area (Å²) in [5.41, 5.74) is 9.23. The summed E-state index contributed by atoms with van der Waals surface area (Å²) >= 11 is 0. The number of nitrogens with two attached hydrogens (primary N) is 1. The van der Waals surface area contributed by atoms with Crippen LogP contribution in [0.1, 0.15) is 38.3 Å². The molecule has 3 aromatic heterocycles. The van der Waals surface area contributed by atoms with Crippen LogP contribution in [0.3, 0.4) is 0 Å². The minimum atomic E-state index is -3.29. The van der Waals surface area contributed by atoms with Gasteiger partial charge in [0.2, 0.25) is 21.6 Å². The third-order valence-electron chi connectivity index (χ3n) is 6.35. The van der Waals surface area contributed by atoms with Crippen molar-refractivity contribution in [1.82, 2.24) is 34.0 Å². The highest BCUT2D eigenvalue weighted by atomic mass is 32.2. The lowest BCUT2D eigenvalue weighted by Gasteiger charge is -2.36. The van der Waals surface area contributed by atoms with E-state index in [1.54, 1.807) is 15.0 Å². The zero-order valence-electron chi connectivity index (χ0n) is 20.2. The Balaban J connectivity index is 1.66. The van der Waals surface area contributed by atoms with E-state index in [0.717, 1.165) is 23.4 Å². The summed E-state index contributed by atoms with van der Waals surface area (Å²) in [6.07, 6.45) is 4.85. The van der Waals surface area contributed by atoms with Crippen molar-refractivity contribution >= 4 is 21.6 Å². The van der Waals surface area contributed by atoms with E-state index in [2.05, 4.69) is 33.3 Å². The van der Waals surface area contributed by atoms with Gasteiger partial charge in [-0.05, 0) is 52.4 Å². The average molecular weight is 491 g/mol. The minimum absolute atomic E-state index is 0.0816. The molecule has 2 atom stereocenters. The van der Waals surface area contributed by atoms with Gasteiger partial charge in [0.1, 0.15) is 0 Å². The molecular weight excluding hydrogens is 456 g/mol. The van der Waals surface area contributed by atoms with Crippen LogP contribution in [0.4, 0.5) is 5.95 Å². The number of piperidine rings is 1. The summed E-state index contributed by atoms with van der Waals surface area (Å²) in [5.74, 6) is 1.10. The van der Waals surface area contributed by atoms with E-state index in [1.165, 1.54) is 0 Å². The summed E-state index contributed by atoms with van der Waals surface area (Å²) in [7, 11) is 0.608. The number of fused-ring (bicyclic) bond motifs is 1. The van der Waals surface area contributed by atoms with Gasteiger partial charge < -0.3 is 15.4 Å². The van der Waals surface area contributed by atoms with Crippen molar-refractivity contribution in [2.24, 2.45) is 5.92 Å². The Hall–Kier alpha value is -2.70. The lowest BCUT2D eigenvalue weighted by molar-refractivity contribution is 0.243. The summed E-state index contributed by atoms with van der Waals surface area (Å²) in [5, 5.41) is 11.4. The number of sulfonamides is 1. The van der Waals surface area contributed by atoms with Crippen LogP contribution in [0.15, 0.2) is 18.5 Å². The van der Waals surface area contributed by atoms with Crippen molar-refractivity contribution < 1.29 is 13.2 Å². The average Bonchev–Trinajstić information content (AvgIpc) is 3.43. The second-order valence-corrected chi connectivity index (χ2v) is 11.2. The van der Waals surface area contributed by atoms with Crippen LogP contribution in [0, 0.1) is 5.92 Å². The Bertz CT molecular complexity index is 1220. The van der Waals surface area contributed by atoms with E-state index in [0.29, 0.717) is 43.9 Å². The van der Waals surface area contributed by atoms with Crippen LogP contribution in [-0.2, 0) is 10.0 Å². The third kappa shape index (κ3) is 4.89. The molecule has 34 heavy (non-hydrogen) atoms. The van der Waals surface area contributed by atoms with Gasteiger partial charge in [-0.3, -0.25) is 5.10 Å². The summed E-state index contributed by atoms with van der Waals surface area (Å²) in [4.78, 5) is 6.45. The van der Waals surface area contributed by atoms with Crippen molar-refractivity contribution in [2.75, 3.05) is 51.8 Å². The smallest absolute Gasteiger partial charge is 0.240 e. The molecule has 1 fully saturated rings. The monoisotopic (exact) mass is 490 g/mol. The molecule has 186 valence electrons. The number of rotatable bonds is 9. The predicted octanol–water partition coefficient (Wildman–Crippen LogP) is 1.81. The first-order chi connectivity index (χ1) is 16.2. The number of nitrogen functional groups attached to an aromatic ring is 1. The van der Waals surface area contributed by atoms with E-state index >= 15 is 0 Å². The standard InChI is InChI=1S/C22H34N8O3S/c1-5-33-20-18(16-12-24-25-13-16)11-19(30-21(20)26-22(23)27-30)17-7-9-29(14-15(17)2)34(31,32)10-6-8-28(3)4/h11-13,15,17H,5-10,14H2,1-4H3,(H2,23,27)(H,24,25)/t15-,17-/m0/s1. The highest BCUT2D eigenvalue weighted by Crippen LogP contribution is 2.40. The highest BCUT2D eigenvalue weighted by molar-refractivity contribution is 7.89. The fourth-order valence-electron chi connectivity index (χ4n) is 4.71. The number of ether oxygens (including phenoxy) is 1. The number of hydrogen-bond donors (Lipinski definition) is 2. The molecule has 0 unspecified atom stereocenters. The second kappa shape index (κ2) is 9.88. The van der Waals surface area contributed by atoms with Crippen LogP contribution in [0.25, 0.3) is 16.8 Å². The van der Waals surface area contributed by atoms with Gasteiger partial charge in [0.05, 0.1) is 18.6 Å². The van der Waals surface area contributed by atoms with E-state index in [-0.39, 0.29) is 23.5 Å². The largest absolute Gasteiger partial charge is 0.489 e. The molecule has 0 saturated carbocycles. The van der Waals surface area contributed by atoms with Gasteiger partial charge in [0, 0.05) is 42.0 Å². The molecule has 3 N–H and O–H groups in total. The number of pyridine rings is 1. The molecule has 0 radical (unpaired) electrons. The molecule has 0 spiro atoms. The second-order valence-electron chi connectivity index (χ2n) is 9.14. The van der Waals surface area contributed by atoms with Crippen LogP contribution in [0.2, 0.25) is 0 Å². The maximum absolute atomic E-state index is 12.9. The van der Waals surface area contributed by atoms with Crippen molar-refractivity contribution in [3.05, 3.63) is 24.2 Å². The van der Waals surface area contributed by atoms with Crippen molar-refractivity contribution in [1.29, 1.82) is 0 Å².